The monoisotopic (exact) mass is 459 g/mol. The van der Waals surface area contributed by atoms with Gasteiger partial charge in [-0.05, 0) is 63.3 Å². The molecule has 5 nitrogen and oxygen atoms in total. The molecule has 2 heterocycles. The molecule has 33 heavy (non-hydrogen) atoms. The van der Waals surface area contributed by atoms with Gasteiger partial charge >= 0.3 is 0 Å². The van der Waals surface area contributed by atoms with Crippen molar-refractivity contribution in [1.29, 1.82) is 0 Å². The van der Waals surface area contributed by atoms with Crippen molar-refractivity contribution < 1.29 is 18.3 Å². The zero-order valence-corrected chi connectivity index (χ0v) is 19.7. The molecule has 2 aliphatic rings. The topological polar surface area (TPSA) is 47.5 Å². The van der Waals surface area contributed by atoms with E-state index in [0.717, 1.165) is 62.0 Å². The summed E-state index contributed by atoms with van der Waals surface area (Å²) in [5.41, 5.74) is 3.03. The van der Waals surface area contributed by atoms with Crippen molar-refractivity contribution in [2.45, 2.75) is 82.8 Å². The first kappa shape index (κ1) is 23.9. The predicted octanol–water partition coefficient (Wildman–Crippen LogP) is 5.92. The lowest BCUT2D eigenvalue weighted by atomic mass is 9.94. The lowest BCUT2D eigenvalue weighted by Gasteiger charge is -2.29. The van der Waals surface area contributed by atoms with Gasteiger partial charge in [0, 0.05) is 37.6 Å². The standard InChI is InChI=1S/C26H35F2N3O2/c1-3-4-5-24-23(18-25(30-29-24)33-22-12-16-31(2)17-13-22)19-6-8-20(9-7-19)32-21-10-14-26(27,28)15-11-21/h6-9,18,21-22H,3-5,10-17H2,1-2H3. The maximum Gasteiger partial charge on any atom is 0.248 e. The number of alkyl halides is 2. The lowest BCUT2D eigenvalue weighted by molar-refractivity contribution is -0.0582. The van der Waals surface area contributed by atoms with Gasteiger partial charge in [-0.3, -0.25) is 0 Å². The molecule has 1 aliphatic carbocycles. The largest absolute Gasteiger partial charge is 0.490 e. The molecule has 0 spiro atoms. The third-order valence-electron chi connectivity index (χ3n) is 6.70. The van der Waals surface area contributed by atoms with Gasteiger partial charge < -0.3 is 14.4 Å². The van der Waals surface area contributed by atoms with E-state index in [1.807, 2.05) is 30.3 Å². The Morgan fingerprint density at radius 2 is 1.64 bits per heavy atom. The highest BCUT2D eigenvalue weighted by Crippen LogP contribution is 2.35. The van der Waals surface area contributed by atoms with E-state index in [2.05, 4.69) is 29.1 Å². The number of ether oxygens (including phenoxy) is 2. The molecule has 2 fully saturated rings. The van der Waals surface area contributed by atoms with Gasteiger partial charge in [-0.1, -0.05) is 25.5 Å². The SMILES string of the molecule is CCCCc1nnc(OC2CCN(C)CC2)cc1-c1ccc(OC2CCC(F)(F)CC2)cc1. The van der Waals surface area contributed by atoms with Gasteiger partial charge in [0.15, 0.2) is 0 Å². The molecule has 180 valence electrons. The number of aryl methyl sites for hydroxylation is 1. The van der Waals surface area contributed by atoms with Crippen LogP contribution in [0.1, 0.15) is 64.0 Å². The summed E-state index contributed by atoms with van der Waals surface area (Å²) in [7, 11) is 2.13. The van der Waals surface area contributed by atoms with Crippen molar-refractivity contribution in [2.75, 3.05) is 20.1 Å². The van der Waals surface area contributed by atoms with Crippen LogP contribution in [0.25, 0.3) is 11.1 Å². The molecule has 1 saturated heterocycles. The second-order valence-corrected chi connectivity index (χ2v) is 9.46. The normalized spacial score (nSPS) is 20.0. The fourth-order valence-corrected chi connectivity index (χ4v) is 4.55. The van der Waals surface area contributed by atoms with Gasteiger partial charge in [0.05, 0.1) is 11.8 Å². The Morgan fingerprint density at radius 1 is 0.970 bits per heavy atom. The molecule has 1 saturated carbocycles. The number of unbranched alkanes of at least 4 members (excludes halogenated alkanes) is 1. The van der Waals surface area contributed by atoms with Gasteiger partial charge in [0.25, 0.3) is 0 Å². The van der Waals surface area contributed by atoms with Crippen LogP contribution in [0.3, 0.4) is 0 Å². The Labute approximate surface area is 195 Å². The molecule has 0 N–H and O–H groups in total. The molecule has 2 aromatic rings. The highest BCUT2D eigenvalue weighted by Gasteiger charge is 2.35. The molecule has 0 atom stereocenters. The van der Waals surface area contributed by atoms with Crippen LogP contribution in [0.4, 0.5) is 8.78 Å². The Kier molecular flexibility index (Phi) is 7.78. The number of piperidine rings is 1. The molecule has 0 amide bonds. The quantitative estimate of drug-likeness (QED) is 0.491. The number of hydrogen-bond acceptors (Lipinski definition) is 5. The van der Waals surface area contributed by atoms with Crippen molar-refractivity contribution in [3.05, 3.63) is 36.0 Å². The molecule has 1 aromatic carbocycles. The van der Waals surface area contributed by atoms with Gasteiger partial charge in [0.1, 0.15) is 11.9 Å². The minimum atomic E-state index is -2.54. The summed E-state index contributed by atoms with van der Waals surface area (Å²) in [6.45, 7) is 4.22. The first-order valence-corrected chi connectivity index (χ1v) is 12.3. The number of rotatable bonds is 8. The minimum Gasteiger partial charge on any atom is -0.490 e. The average Bonchev–Trinajstić information content (AvgIpc) is 2.81. The third-order valence-corrected chi connectivity index (χ3v) is 6.70. The van der Waals surface area contributed by atoms with E-state index >= 15 is 0 Å². The molecule has 0 unspecified atom stereocenters. The van der Waals surface area contributed by atoms with Crippen LogP contribution in [-0.4, -0.2) is 53.4 Å². The molecule has 0 radical (unpaired) electrons. The van der Waals surface area contributed by atoms with E-state index < -0.39 is 5.92 Å². The number of likely N-dealkylation sites (tertiary alicyclic amines) is 1. The predicted molar refractivity (Wildman–Crippen MR) is 125 cm³/mol. The Balaban J connectivity index is 1.47. The number of nitrogens with zero attached hydrogens (tertiary/aromatic N) is 3. The van der Waals surface area contributed by atoms with Crippen LogP contribution in [0.15, 0.2) is 30.3 Å². The summed E-state index contributed by atoms with van der Waals surface area (Å²) in [5, 5.41) is 8.88. The minimum absolute atomic E-state index is 0.0979. The summed E-state index contributed by atoms with van der Waals surface area (Å²) in [6.07, 6.45) is 5.58. The first-order chi connectivity index (χ1) is 15.9. The Hall–Kier alpha value is -2.28. The summed E-state index contributed by atoms with van der Waals surface area (Å²) >= 11 is 0. The zero-order valence-electron chi connectivity index (χ0n) is 19.7. The van der Waals surface area contributed by atoms with Crippen LogP contribution < -0.4 is 9.47 Å². The van der Waals surface area contributed by atoms with Crippen molar-refractivity contribution >= 4 is 0 Å². The average molecular weight is 460 g/mol. The van der Waals surface area contributed by atoms with Crippen LogP contribution in [0, 0.1) is 0 Å². The van der Waals surface area contributed by atoms with Gasteiger partial charge in [-0.15, -0.1) is 5.10 Å². The summed E-state index contributed by atoms with van der Waals surface area (Å²) in [4.78, 5) is 2.31. The van der Waals surface area contributed by atoms with Crippen LogP contribution in [0.5, 0.6) is 11.6 Å². The van der Waals surface area contributed by atoms with Gasteiger partial charge in [0.2, 0.25) is 11.8 Å². The number of halogens is 2. The number of hydrogen-bond donors (Lipinski definition) is 0. The van der Waals surface area contributed by atoms with Crippen LogP contribution in [-0.2, 0) is 6.42 Å². The van der Waals surface area contributed by atoms with E-state index in [0.29, 0.717) is 24.5 Å². The number of benzene rings is 1. The molecular formula is C26H35F2N3O2. The van der Waals surface area contributed by atoms with Gasteiger partial charge in [-0.25, -0.2) is 8.78 Å². The van der Waals surface area contributed by atoms with Crippen molar-refractivity contribution in [1.82, 2.24) is 15.1 Å². The fraction of sp³-hybridized carbons (Fsp3) is 0.615. The Morgan fingerprint density at radius 3 is 2.30 bits per heavy atom. The van der Waals surface area contributed by atoms with Crippen molar-refractivity contribution in [3.8, 4) is 22.8 Å². The molecule has 7 heteroatoms. The van der Waals surface area contributed by atoms with E-state index in [1.54, 1.807) is 0 Å². The summed E-state index contributed by atoms with van der Waals surface area (Å²) in [6, 6.07) is 9.87. The highest BCUT2D eigenvalue weighted by molar-refractivity contribution is 5.67. The van der Waals surface area contributed by atoms with E-state index in [4.69, 9.17) is 9.47 Å². The molecule has 4 rings (SSSR count). The summed E-state index contributed by atoms with van der Waals surface area (Å²) < 4.78 is 39.0. The van der Waals surface area contributed by atoms with Crippen LogP contribution in [0.2, 0.25) is 0 Å². The highest BCUT2D eigenvalue weighted by atomic mass is 19.3. The lowest BCUT2D eigenvalue weighted by Crippen LogP contribution is -2.35. The van der Waals surface area contributed by atoms with Crippen molar-refractivity contribution in [3.63, 3.8) is 0 Å². The smallest absolute Gasteiger partial charge is 0.248 e. The van der Waals surface area contributed by atoms with Crippen LogP contribution >= 0.6 is 0 Å². The van der Waals surface area contributed by atoms with E-state index in [1.165, 1.54) is 0 Å². The maximum absolute atomic E-state index is 13.4. The second-order valence-electron chi connectivity index (χ2n) is 9.46. The number of aromatic nitrogens is 2. The molecule has 0 bridgehead atoms. The first-order valence-electron chi connectivity index (χ1n) is 12.3. The Bertz CT molecular complexity index is 889. The van der Waals surface area contributed by atoms with E-state index in [9.17, 15) is 8.78 Å². The zero-order chi connectivity index (χ0) is 23.3. The molecule has 1 aromatic heterocycles. The fourth-order valence-electron chi connectivity index (χ4n) is 4.55. The van der Waals surface area contributed by atoms with Crippen molar-refractivity contribution in [2.24, 2.45) is 0 Å². The molecule has 1 aliphatic heterocycles. The summed E-state index contributed by atoms with van der Waals surface area (Å²) in [5.74, 6) is -1.25. The van der Waals surface area contributed by atoms with E-state index in [-0.39, 0.29) is 25.0 Å². The maximum atomic E-state index is 13.4. The third kappa shape index (κ3) is 6.62. The second kappa shape index (κ2) is 10.8. The molecular weight excluding hydrogens is 424 g/mol. The van der Waals surface area contributed by atoms with Gasteiger partial charge in [-0.2, -0.15) is 5.10 Å².